The SMILES string of the molecule is O=Cc1ccc(OCCCOc2nc3ccccc3o2)cc1. The number of aromatic nitrogens is 1. The highest BCUT2D eigenvalue weighted by molar-refractivity contribution is 5.74. The van der Waals surface area contributed by atoms with Crippen LogP contribution in [0.4, 0.5) is 0 Å². The third-order valence-corrected chi connectivity index (χ3v) is 3.07. The fraction of sp³-hybridized carbons (Fsp3) is 0.176. The van der Waals surface area contributed by atoms with Gasteiger partial charge in [0.1, 0.15) is 17.6 Å². The number of carbonyl (C=O) groups excluding carboxylic acids is 1. The minimum absolute atomic E-state index is 0.275. The Hall–Kier alpha value is -2.82. The molecule has 3 aromatic rings. The Balaban J connectivity index is 1.42. The number of carbonyl (C=O) groups is 1. The molecule has 0 radical (unpaired) electrons. The molecule has 0 aliphatic rings. The average Bonchev–Trinajstić information content (AvgIpc) is 2.98. The molecule has 2 aromatic carbocycles. The fourth-order valence-corrected chi connectivity index (χ4v) is 1.96. The number of hydrogen-bond acceptors (Lipinski definition) is 5. The Morgan fingerprint density at radius 3 is 2.55 bits per heavy atom. The van der Waals surface area contributed by atoms with Gasteiger partial charge in [0.2, 0.25) is 0 Å². The second kappa shape index (κ2) is 6.76. The first-order valence-corrected chi connectivity index (χ1v) is 7.01. The van der Waals surface area contributed by atoms with E-state index in [2.05, 4.69) is 4.98 Å². The van der Waals surface area contributed by atoms with Crippen LogP contribution in [0.25, 0.3) is 11.1 Å². The lowest BCUT2D eigenvalue weighted by atomic mass is 10.2. The third kappa shape index (κ3) is 3.44. The number of ether oxygens (including phenoxy) is 2. The molecule has 0 fully saturated rings. The van der Waals surface area contributed by atoms with Gasteiger partial charge >= 0.3 is 6.08 Å². The second-order valence-corrected chi connectivity index (χ2v) is 4.68. The normalized spacial score (nSPS) is 10.5. The largest absolute Gasteiger partial charge is 0.493 e. The van der Waals surface area contributed by atoms with Gasteiger partial charge in [-0.3, -0.25) is 4.79 Å². The fourth-order valence-electron chi connectivity index (χ4n) is 1.96. The molecule has 0 aliphatic heterocycles. The Kier molecular flexibility index (Phi) is 4.34. The molecule has 0 saturated heterocycles. The highest BCUT2D eigenvalue weighted by Gasteiger charge is 2.05. The molecule has 5 heteroatoms. The van der Waals surface area contributed by atoms with Gasteiger partial charge in [0.25, 0.3) is 0 Å². The lowest BCUT2D eigenvalue weighted by molar-refractivity contribution is 0.112. The van der Waals surface area contributed by atoms with E-state index in [1.54, 1.807) is 24.3 Å². The van der Waals surface area contributed by atoms with Crippen LogP contribution < -0.4 is 9.47 Å². The van der Waals surface area contributed by atoms with Crippen LogP contribution in [0.1, 0.15) is 16.8 Å². The smallest absolute Gasteiger partial charge is 0.394 e. The minimum atomic E-state index is 0.275. The molecule has 0 aliphatic carbocycles. The van der Waals surface area contributed by atoms with E-state index in [1.165, 1.54) is 0 Å². The van der Waals surface area contributed by atoms with Gasteiger partial charge in [-0.1, -0.05) is 12.1 Å². The van der Waals surface area contributed by atoms with Crippen molar-refractivity contribution in [2.24, 2.45) is 0 Å². The van der Waals surface area contributed by atoms with Crippen LogP contribution in [0, 0.1) is 0 Å². The van der Waals surface area contributed by atoms with Gasteiger partial charge in [0, 0.05) is 12.0 Å². The van der Waals surface area contributed by atoms with Crippen LogP contribution in [0.15, 0.2) is 52.9 Å². The van der Waals surface area contributed by atoms with Crippen molar-refractivity contribution in [3.05, 3.63) is 54.1 Å². The molecule has 0 saturated carbocycles. The number of fused-ring (bicyclic) bond motifs is 1. The number of hydrogen-bond donors (Lipinski definition) is 0. The molecule has 22 heavy (non-hydrogen) atoms. The number of para-hydroxylation sites is 2. The van der Waals surface area contributed by atoms with Crippen molar-refractivity contribution in [2.75, 3.05) is 13.2 Å². The molecular weight excluding hydrogens is 282 g/mol. The molecule has 0 spiro atoms. The number of oxazole rings is 1. The van der Waals surface area contributed by atoms with Crippen molar-refractivity contribution in [2.45, 2.75) is 6.42 Å². The summed E-state index contributed by atoms with van der Waals surface area (Å²) in [6.07, 6.45) is 1.78. The predicted octanol–water partition coefficient (Wildman–Crippen LogP) is 3.49. The molecule has 0 unspecified atom stereocenters. The number of rotatable bonds is 7. The van der Waals surface area contributed by atoms with E-state index in [0.717, 1.165) is 17.6 Å². The molecule has 0 amide bonds. The van der Waals surface area contributed by atoms with Gasteiger partial charge in [-0.2, -0.15) is 4.98 Å². The van der Waals surface area contributed by atoms with E-state index in [-0.39, 0.29) is 6.08 Å². The van der Waals surface area contributed by atoms with E-state index in [9.17, 15) is 4.79 Å². The van der Waals surface area contributed by atoms with Crippen molar-refractivity contribution >= 4 is 17.4 Å². The zero-order valence-corrected chi connectivity index (χ0v) is 11.9. The zero-order chi connectivity index (χ0) is 15.2. The summed E-state index contributed by atoms with van der Waals surface area (Å²) < 4.78 is 16.5. The summed E-state index contributed by atoms with van der Waals surface area (Å²) in [5.74, 6) is 0.729. The summed E-state index contributed by atoms with van der Waals surface area (Å²) in [5.41, 5.74) is 2.12. The summed E-state index contributed by atoms with van der Waals surface area (Å²) in [5, 5.41) is 0. The Bertz CT molecular complexity index is 716. The summed E-state index contributed by atoms with van der Waals surface area (Å²) in [6.45, 7) is 0.972. The molecule has 1 heterocycles. The third-order valence-electron chi connectivity index (χ3n) is 3.07. The topological polar surface area (TPSA) is 61.6 Å². The molecule has 5 nitrogen and oxygen atoms in total. The van der Waals surface area contributed by atoms with Gasteiger partial charge in [-0.15, -0.1) is 0 Å². The molecule has 0 N–H and O–H groups in total. The molecular formula is C17H15NO4. The summed E-state index contributed by atoms with van der Waals surface area (Å²) in [7, 11) is 0. The maximum atomic E-state index is 10.5. The minimum Gasteiger partial charge on any atom is -0.493 e. The first-order chi connectivity index (χ1) is 10.8. The summed E-state index contributed by atoms with van der Waals surface area (Å²) in [6, 6.07) is 14.5. The molecule has 1 aromatic heterocycles. The van der Waals surface area contributed by atoms with Crippen molar-refractivity contribution in [1.29, 1.82) is 0 Å². The van der Waals surface area contributed by atoms with Crippen LogP contribution in [0.5, 0.6) is 11.8 Å². The Morgan fingerprint density at radius 2 is 1.77 bits per heavy atom. The van der Waals surface area contributed by atoms with Crippen LogP contribution >= 0.6 is 0 Å². The highest BCUT2D eigenvalue weighted by atomic mass is 16.6. The molecule has 112 valence electrons. The Morgan fingerprint density at radius 1 is 1.00 bits per heavy atom. The second-order valence-electron chi connectivity index (χ2n) is 4.68. The summed E-state index contributed by atoms with van der Waals surface area (Å²) >= 11 is 0. The van der Waals surface area contributed by atoms with Gasteiger partial charge in [0.15, 0.2) is 5.58 Å². The number of aldehydes is 1. The first kappa shape index (κ1) is 14.1. The lowest BCUT2D eigenvalue weighted by Gasteiger charge is -2.06. The monoisotopic (exact) mass is 297 g/mol. The maximum absolute atomic E-state index is 10.5. The summed E-state index contributed by atoms with van der Waals surface area (Å²) in [4.78, 5) is 14.8. The van der Waals surface area contributed by atoms with Crippen molar-refractivity contribution in [3.63, 3.8) is 0 Å². The van der Waals surface area contributed by atoms with E-state index in [1.807, 2.05) is 24.3 Å². The van der Waals surface area contributed by atoms with Crippen molar-refractivity contribution in [3.8, 4) is 11.8 Å². The molecule has 3 rings (SSSR count). The zero-order valence-electron chi connectivity index (χ0n) is 11.9. The Labute approximate surface area is 127 Å². The quantitative estimate of drug-likeness (QED) is 0.493. The van der Waals surface area contributed by atoms with E-state index in [4.69, 9.17) is 13.9 Å². The van der Waals surface area contributed by atoms with Gasteiger partial charge in [-0.05, 0) is 36.4 Å². The number of benzene rings is 2. The average molecular weight is 297 g/mol. The van der Waals surface area contributed by atoms with Crippen LogP contribution in [0.2, 0.25) is 0 Å². The standard InChI is InChI=1S/C17H15NO4/c19-12-13-6-8-14(9-7-13)20-10-3-11-21-17-18-15-4-1-2-5-16(15)22-17/h1-2,4-9,12H,3,10-11H2. The van der Waals surface area contributed by atoms with Crippen molar-refractivity contribution < 1.29 is 18.7 Å². The van der Waals surface area contributed by atoms with Crippen molar-refractivity contribution in [1.82, 2.24) is 4.98 Å². The van der Waals surface area contributed by atoms with Gasteiger partial charge in [-0.25, -0.2) is 0 Å². The van der Waals surface area contributed by atoms with Crippen LogP contribution in [0.3, 0.4) is 0 Å². The highest BCUT2D eigenvalue weighted by Crippen LogP contribution is 2.19. The molecule has 0 bridgehead atoms. The van der Waals surface area contributed by atoms with Gasteiger partial charge < -0.3 is 13.9 Å². The predicted molar refractivity (Wildman–Crippen MR) is 81.4 cm³/mol. The van der Waals surface area contributed by atoms with Crippen LogP contribution in [-0.2, 0) is 0 Å². The number of nitrogens with zero attached hydrogens (tertiary/aromatic N) is 1. The maximum Gasteiger partial charge on any atom is 0.394 e. The van der Waals surface area contributed by atoms with Crippen LogP contribution in [-0.4, -0.2) is 24.5 Å². The van der Waals surface area contributed by atoms with E-state index < -0.39 is 0 Å². The van der Waals surface area contributed by atoms with Gasteiger partial charge in [0.05, 0.1) is 13.2 Å². The molecule has 0 atom stereocenters. The van der Waals surface area contributed by atoms with E-state index >= 15 is 0 Å². The lowest BCUT2D eigenvalue weighted by Crippen LogP contribution is -2.05. The first-order valence-electron chi connectivity index (χ1n) is 7.01. The van der Waals surface area contributed by atoms with E-state index in [0.29, 0.717) is 30.8 Å².